The second-order valence-corrected chi connectivity index (χ2v) is 2.83. The molecular weight excluding hydrogens is 139 g/mol. The van der Waals surface area contributed by atoms with Crippen LogP contribution in [0.4, 0.5) is 4.39 Å². The number of hydrogen-bond donors (Lipinski definition) is 0. The highest BCUT2D eigenvalue weighted by Gasteiger charge is 2.07. The minimum atomic E-state index is -0.0887. The Labute approximate surface area is 59.7 Å². The van der Waals surface area contributed by atoms with E-state index in [9.17, 15) is 4.39 Å². The lowest BCUT2D eigenvalue weighted by molar-refractivity contribution is 0.572. The standard InChI is InChI=1S/C7H10ClF/c8-6-4-2-1-3-5-7(6)9/h1-5H2. The first kappa shape index (κ1) is 7.07. The van der Waals surface area contributed by atoms with Gasteiger partial charge in [-0.25, -0.2) is 4.39 Å². The van der Waals surface area contributed by atoms with Gasteiger partial charge in [0.1, 0.15) is 5.83 Å². The van der Waals surface area contributed by atoms with Crippen LogP contribution < -0.4 is 0 Å². The van der Waals surface area contributed by atoms with Gasteiger partial charge in [-0.2, -0.15) is 0 Å². The summed E-state index contributed by atoms with van der Waals surface area (Å²) in [7, 11) is 0. The van der Waals surface area contributed by atoms with E-state index in [4.69, 9.17) is 11.6 Å². The number of hydrogen-bond acceptors (Lipinski definition) is 0. The van der Waals surface area contributed by atoms with Crippen molar-refractivity contribution in [2.75, 3.05) is 0 Å². The molecule has 0 heterocycles. The molecule has 0 unspecified atom stereocenters. The summed E-state index contributed by atoms with van der Waals surface area (Å²) in [6.07, 6.45) is 4.42. The molecule has 0 aromatic rings. The van der Waals surface area contributed by atoms with E-state index >= 15 is 0 Å². The van der Waals surface area contributed by atoms with Crippen molar-refractivity contribution in [1.29, 1.82) is 0 Å². The van der Waals surface area contributed by atoms with Crippen LogP contribution in [0.15, 0.2) is 10.9 Å². The van der Waals surface area contributed by atoms with Crippen LogP contribution >= 0.6 is 11.6 Å². The zero-order valence-electron chi connectivity index (χ0n) is 5.29. The number of halogens is 2. The van der Waals surface area contributed by atoms with Crippen molar-refractivity contribution in [2.24, 2.45) is 0 Å². The molecule has 1 aliphatic carbocycles. The Morgan fingerprint density at radius 1 is 1.11 bits per heavy atom. The van der Waals surface area contributed by atoms with Crippen molar-refractivity contribution < 1.29 is 4.39 Å². The lowest BCUT2D eigenvalue weighted by Gasteiger charge is -1.92. The number of rotatable bonds is 0. The monoisotopic (exact) mass is 148 g/mol. The van der Waals surface area contributed by atoms with E-state index in [2.05, 4.69) is 0 Å². The van der Waals surface area contributed by atoms with Crippen LogP contribution in [0.1, 0.15) is 32.1 Å². The second kappa shape index (κ2) is 3.21. The number of allylic oxidation sites excluding steroid dienone is 2. The Morgan fingerprint density at radius 3 is 2.56 bits per heavy atom. The molecule has 0 aromatic carbocycles. The third kappa shape index (κ3) is 1.98. The molecular formula is C7H10ClF. The van der Waals surface area contributed by atoms with Gasteiger partial charge in [-0.05, 0) is 19.3 Å². The van der Waals surface area contributed by atoms with Gasteiger partial charge >= 0.3 is 0 Å². The molecule has 0 saturated heterocycles. The van der Waals surface area contributed by atoms with Crippen LogP contribution in [-0.2, 0) is 0 Å². The highest BCUT2D eigenvalue weighted by molar-refractivity contribution is 6.29. The molecule has 0 atom stereocenters. The molecule has 0 N–H and O–H groups in total. The average Bonchev–Trinajstić information content (AvgIpc) is 1.99. The van der Waals surface area contributed by atoms with Crippen LogP contribution in [0.25, 0.3) is 0 Å². The maximum absolute atomic E-state index is 12.6. The molecule has 2 heteroatoms. The smallest absolute Gasteiger partial charge is 0.114 e. The van der Waals surface area contributed by atoms with Crippen molar-refractivity contribution >= 4 is 11.6 Å². The van der Waals surface area contributed by atoms with Gasteiger partial charge in [-0.1, -0.05) is 18.0 Å². The van der Waals surface area contributed by atoms with Crippen molar-refractivity contribution in [3.05, 3.63) is 10.9 Å². The molecule has 0 aliphatic heterocycles. The van der Waals surface area contributed by atoms with Gasteiger partial charge in [0.25, 0.3) is 0 Å². The summed E-state index contributed by atoms with van der Waals surface area (Å²) in [6, 6.07) is 0. The molecule has 0 fully saturated rings. The highest BCUT2D eigenvalue weighted by Crippen LogP contribution is 2.26. The minimum absolute atomic E-state index is 0.0887. The maximum Gasteiger partial charge on any atom is 0.114 e. The Balaban J connectivity index is 2.55. The fourth-order valence-corrected chi connectivity index (χ4v) is 1.24. The Bertz CT molecular complexity index is 115. The molecule has 1 aliphatic rings. The van der Waals surface area contributed by atoms with E-state index in [1.54, 1.807) is 0 Å². The maximum atomic E-state index is 12.6. The van der Waals surface area contributed by atoms with E-state index in [0.717, 1.165) is 25.7 Å². The van der Waals surface area contributed by atoms with E-state index in [1.807, 2.05) is 0 Å². The van der Waals surface area contributed by atoms with Crippen molar-refractivity contribution in [1.82, 2.24) is 0 Å². The highest BCUT2D eigenvalue weighted by atomic mass is 35.5. The van der Waals surface area contributed by atoms with Crippen LogP contribution in [-0.4, -0.2) is 0 Å². The molecule has 9 heavy (non-hydrogen) atoms. The van der Waals surface area contributed by atoms with Gasteiger partial charge in [0.15, 0.2) is 0 Å². The largest absolute Gasteiger partial charge is 0.211 e. The lowest BCUT2D eigenvalue weighted by atomic mass is 10.2. The lowest BCUT2D eigenvalue weighted by Crippen LogP contribution is -1.73. The van der Waals surface area contributed by atoms with E-state index in [1.165, 1.54) is 0 Å². The zero-order valence-corrected chi connectivity index (χ0v) is 6.05. The molecule has 1 rings (SSSR count). The summed E-state index contributed by atoms with van der Waals surface area (Å²) in [5.41, 5.74) is 0. The first-order chi connectivity index (χ1) is 4.30. The Morgan fingerprint density at radius 2 is 1.78 bits per heavy atom. The molecule has 0 bridgehead atoms. The van der Waals surface area contributed by atoms with Gasteiger partial charge in [0.2, 0.25) is 0 Å². The summed E-state index contributed by atoms with van der Waals surface area (Å²) >= 11 is 5.58. The first-order valence-electron chi connectivity index (χ1n) is 3.34. The molecule has 0 aromatic heterocycles. The van der Waals surface area contributed by atoms with Gasteiger partial charge in [0.05, 0.1) is 0 Å². The van der Waals surface area contributed by atoms with Crippen LogP contribution in [0.2, 0.25) is 0 Å². The molecule has 0 amide bonds. The Kier molecular flexibility index (Phi) is 2.52. The van der Waals surface area contributed by atoms with E-state index < -0.39 is 0 Å². The zero-order chi connectivity index (χ0) is 6.69. The summed E-state index contributed by atoms with van der Waals surface area (Å²) in [6.45, 7) is 0. The third-order valence-corrected chi connectivity index (χ3v) is 1.98. The van der Waals surface area contributed by atoms with Crippen molar-refractivity contribution in [2.45, 2.75) is 32.1 Å². The van der Waals surface area contributed by atoms with Gasteiger partial charge in [-0.3, -0.25) is 0 Å². The minimum Gasteiger partial charge on any atom is -0.211 e. The van der Waals surface area contributed by atoms with Crippen LogP contribution in [0.3, 0.4) is 0 Å². The summed E-state index contributed by atoms with van der Waals surface area (Å²) in [5, 5.41) is 0.451. The molecule has 0 spiro atoms. The average molecular weight is 149 g/mol. The van der Waals surface area contributed by atoms with Crippen molar-refractivity contribution in [3.8, 4) is 0 Å². The van der Waals surface area contributed by atoms with Gasteiger partial charge in [0, 0.05) is 11.5 Å². The normalized spacial score (nSPS) is 22.0. The first-order valence-corrected chi connectivity index (χ1v) is 3.71. The summed E-state index contributed by atoms with van der Waals surface area (Å²) in [5.74, 6) is -0.0887. The molecule has 0 radical (unpaired) electrons. The third-order valence-electron chi connectivity index (χ3n) is 1.59. The Hall–Kier alpha value is -0.0400. The van der Waals surface area contributed by atoms with Crippen molar-refractivity contribution in [3.63, 3.8) is 0 Å². The quantitative estimate of drug-likeness (QED) is 0.494. The van der Waals surface area contributed by atoms with E-state index in [-0.39, 0.29) is 5.83 Å². The van der Waals surface area contributed by atoms with Gasteiger partial charge < -0.3 is 0 Å². The summed E-state index contributed by atoms with van der Waals surface area (Å²) in [4.78, 5) is 0. The molecule has 0 saturated carbocycles. The van der Waals surface area contributed by atoms with Crippen LogP contribution in [0.5, 0.6) is 0 Å². The second-order valence-electron chi connectivity index (χ2n) is 2.37. The molecule has 0 nitrogen and oxygen atoms in total. The van der Waals surface area contributed by atoms with Gasteiger partial charge in [-0.15, -0.1) is 0 Å². The topological polar surface area (TPSA) is 0 Å². The van der Waals surface area contributed by atoms with E-state index in [0.29, 0.717) is 11.5 Å². The predicted octanol–water partition coefficient (Wildman–Crippen LogP) is 3.37. The predicted molar refractivity (Wildman–Crippen MR) is 37.1 cm³/mol. The van der Waals surface area contributed by atoms with Crippen LogP contribution in [0, 0.1) is 0 Å². The fourth-order valence-electron chi connectivity index (χ4n) is 1.01. The fraction of sp³-hybridized carbons (Fsp3) is 0.714. The summed E-state index contributed by atoms with van der Waals surface area (Å²) < 4.78 is 12.6. The SMILES string of the molecule is FC1=C(Cl)CCCCC1. The molecule has 52 valence electrons.